The minimum Gasteiger partial charge on any atom is -0.347 e. The van der Waals surface area contributed by atoms with Gasteiger partial charge in [-0.05, 0) is 43.4 Å². The topological polar surface area (TPSA) is 30.9 Å². The molecule has 0 spiro atoms. The molecule has 0 aliphatic heterocycles. The third-order valence-electron chi connectivity index (χ3n) is 4.34. The van der Waals surface area contributed by atoms with Crippen LogP contribution < -0.4 is 5.73 Å². The molecule has 0 amide bonds. The largest absolute Gasteiger partial charge is 0.347 e. The zero-order valence-corrected chi connectivity index (χ0v) is 10.9. The monoisotopic (exact) mass is 228 g/mol. The van der Waals surface area contributed by atoms with Crippen molar-refractivity contribution in [2.24, 2.45) is 12.8 Å². The number of nitrogens with two attached hydrogens (primary N) is 1. The third-order valence-corrected chi connectivity index (χ3v) is 4.34. The Bertz CT molecular complexity index is 593. The van der Waals surface area contributed by atoms with Gasteiger partial charge in [0.25, 0.3) is 0 Å². The van der Waals surface area contributed by atoms with Gasteiger partial charge in [0.15, 0.2) is 0 Å². The second-order valence-corrected chi connectivity index (χ2v) is 5.39. The van der Waals surface area contributed by atoms with Crippen LogP contribution in [0, 0.1) is 13.8 Å². The molecule has 0 radical (unpaired) electrons. The minimum atomic E-state index is 0.340. The lowest BCUT2D eigenvalue weighted by molar-refractivity contribution is 0.558. The molecule has 0 saturated heterocycles. The van der Waals surface area contributed by atoms with Crippen LogP contribution >= 0.6 is 0 Å². The average molecular weight is 228 g/mol. The third kappa shape index (κ3) is 1.44. The maximum atomic E-state index is 6.09. The van der Waals surface area contributed by atoms with E-state index in [9.17, 15) is 0 Å². The van der Waals surface area contributed by atoms with E-state index in [1.165, 1.54) is 33.3 Å². The second-order valence-electron chi connectivity index (χ2n) is 5.39. The van der Waals surface area contributed by atoms with Gasteiger partial charge in [-0.25, -0.2) is 0 Å². The van der Waals surface area contributed by atoms with E-state index in [0.717, 1.165) is 19.3 Å². The molecule has 0 fully saturated rings. The van der Waals surface area contributed by atoms with Crippen LogP contribution in [0.3, 0.4) is 0 Å². The summed E-state index contributed by atoms with van der Waals surface area (Å²) in [4.78, 5) is 0. The zero-order valence-electron chi connectivity index (χ0n) is 10.9. The predicted molar refractivity (Wildman–Crippen MR) is 72.4 cm³/mol. The number of nitrogens with zero attached hydrogens (tertiary/aromatic N) is 1. The molecule has 1 unspecified atom stereocenters. The van der Waals surface area contributed by atoms with E-state index in [1.807, 2.05) is 0 Å². The molecule has 3 rings (SSSR count). The molecule has 1 atom stereocenters. The zero-order chi connectivity index (χ0) is 12.2. The highest BCUT2D eigenvalue weighted by atomic mass is 15.0. The summed E-state index contributed by atoms with van der Waals surface area (Å²) in [5.41, 5.74) is 13.3. The van der Waals surface area contributed by atoms with Crippen LogP contribution in [-0.2, 0) is 19.9 Å². The fourth-order valence-electron chi connectivity index (χ4n) is 3.19. The Labute approximate surface area is 102 Å². The van der Waals surface area contributed by atoms with Crippen molar-refractivity contribution in [2.75, 3.05) is 0 Å². The van der Waals surface area contributed by atoms with E-state index in [2.05, 4.69) is 37.6 Å². The van der Waals surface area contributed by atoms with Crippen molar-refractivity contribution in [3.63, 3.8) is 0 Å². The highest BCUT2D eigenvalue weighted by Crippen LogP contribution is 2.33. The van der Waals surface area contributed by atoms with Gasteiger partial charge in [0.2, 0.25) is 0 Å². The van der Waals surface area contributed by atoms with Gasteiger partial charge in [0.05, 0.1) is 5.52 Å². The van der Waals surface area contributed by atoms with Gasteiger partial charge in [-0.1, -0.05) is 12.1 Å². The lowest BCUT2D eigenvalue weighted by Gasteiger charge is -2.19. The van der Waals surface area contributed by atoms with Crippen molar-refractivity contribution >= 4 is 10.9 Å². The van der Waals surface area contributed by atoms with Crippen molar-refractivity contribution in [3.05, 3.63) is 34.5 Å². The Hall–Kier alpha value is -1.28. The summed E-state index contributed by atoms with van der Waals surface area (Å²) in [5.74, 6) is 0. The van der Waals surface area contributed by atoms with Crippen molar-refractivity contribution in [1.82, 2.24) is 4.57 Å². The van der Waals surface area contributed by atoms with E-state index in [0.29, 0.717) is 6.04 Å². The maximum Gasteiger partial charge on any atom is 0.0515 e. The Kier molecular flexibility index (Phi) is 2.30. The number of hydrogen-bond acceptors (Lipinski definition) is 1. The van der Waals surface area contributed by atoms with Crippen LogP contribution in [0.4, 0.5) is 0 Å². The molecule has 0 bridgehead atoms. The number of rotatable bonds is 0. The smallest absolute Gasteiger partial charge is 0.0515 e. The molecule has 2 nitrogen and oxygen atoms in total. The number of aromatic nitrogens is 1. The Balaban J connectivity index is 2.37. The van der Waals surface area contributed by atoms with Gasteiger partial charge in [-0.3, -0.25) is 0 Å². The first-order valence-corrected chi connectivity index (χ1v) is 6.41. The predicted octanol–water partition coefficient (Wildman–Crippen LogP) is 2.61. The summed E-state index contributed by atoms with van der Waals surface area (Å²) < 4.78 is 2.37. The normalized spacial score (nSPS) is 19.6. The molecular formula is C15H20N2. The summed E-state index contributed by atoms with van der Waals surface area (Å²) in [7, 11) is 2.19. The molecule has 1 aliphatic rings. The van der Waals surface area contributed by atoms with Crippen molar-refractivity contribution in [1.29, 1.82) is 0 Å². The second kappa shape index (κ2) is 3.61. The molecule has 1 aromatic carbocycles. The average Bonchev–Trinajstić information content (AvgIpc) is 2.58. The van der Waals surface area contributed by atoms with Gasteiger partial charge < -0.3 is 10.3 Å². The molecule has 1 aromatic heterocycles. The van der Waals surface area contributed by atoms with Gasteiger partial charge in [-0.2, -0.15) is 0 Å². The van der Waals surface area contributed by atoms with Crippen LogP contribution in [-0.4, -0.2) is 10.6 Å². The highest BCUT2D eigenvalue weighted by Gasteiger charge is 2.23. The van der Waals surface area contributed by atoms with Gasteiger partial charge in [-0.15, -0.1) is 0 Å². The van der Waals surface area contributed by atoms with Crippen LogP contribution in [0.5, 0.6) is 0 Å². The van der Waals surface area contributed by atoms with Crippen LogP contribution in [0.1, 0.15) is 28.8 Å². The Morgan fingerprint density at radius 3 is 2.82 bits per heavy atom. The first-order chi connectivity index (χ1) is 8.09. The van der Waals surface area contributed by atoms with E-state index in [4.69, 9.17) is 5.73 Å². The number of hydrogen-bond donors (Lipinski definition) is 1. The summed E-state index contributed by atoms with van der Waals surface area (Å²) in [6, 6.07) is 4.87. The molecule has 0 saturated carbocycles. The highest BCUT2D eigenvalue weighted by molar-refractivity contribution is 5.89. The fourth-order valence-corrected chi connectivity index (χ4v) is 3.19. The summed E-state index contributed by atoms with van der Waals surface area (Å²) in [5, 5.41) is 1.44. The summed E-state index contributed by atoms with van der Waals surface area (Å²) in [6.45, 7) is 4.41. The van der Waals surface area contributed by atoms with Gasteiger partial charge in [0.1, 0.15) is 0 Å². The maximum absolute atomic E-state index is 6.09. The number of aryl methyl sites for hydroxylation is 4. The summed E-state index contributed by atoms with van der Waals surface area (Å²) >= 11 is 0. The van der Waals surface area contributed by atoms with Crippen LogP contribution in [0.25, 0.3) is 10.9 Å². The SMILES string of the molecule is Cc1ccc2c3c(n(C)c2c1C)CC(N)CC3. The Morgan fingerprint density at radius 2 is 2.06 bits per heavy atom. The minimum absolute atomic E-state index is 0.340. The molecular weight excluding hydrogens is 208 g/mol. The summed E-state index contributed by atoms with van der Waals surface area (Å²) in [6.07, 6.45) is 3.29. The van der Waals surface area contributed by atoms with Gasteiger partial charge >= 0.3 is 0 Å². The lowest BCUT2D eigenvalue weighted by Crippen LogP contribution is -2.28. The standard InChI is InChI=1S/C15H20N2/c1-9-4-6-13-12-7-5-11(16)8-14(12)17(3)15(13)10(9)2/h4,6,11H,5,7-8,16H2,1-3H3. The molecule has 1 heterocycles. The van der Waals surface area contributed by atoms with Crippen molar-refractivity contribution < 1.29 is 0 Å². The fraction of sp³-hybridized carbons (Fsp3) is 0.467. The van der Waals surface area contributed by atoms with E-state index < -0.39 is 0 Å². The number of benzene rings is 1. The first kappa shape index (κ1) is 10.8. The van der Waals surface area contributed by atoms with E-state index >= 15 is 0 Å². The molecule has 17 heavy (non-hydrogen) atoms. The Morgan fingerprint density at radius 1 is 1.29 bits per heavy atom. The molecule has 2 N–H and O–H groups in total. The quantitative estimate of drug-likeness (QED) is 0.738. The van der Waals surface area contributed by atoms with Crippen molar-refractivity contribution in [2.45, 2.75) is 39.2 Å². The van der Waals surface area contributed by atoms with E-state index in [-0.39, 0.29) is 0 Å². The van der Waals surface area contributed by atoms with Crippen LogP contribution in [0.2, 0.25) is 0 Å². The lowest BCUT2D eigenvalue weighted by atomic mass is 9.92. The molecule has 90 valence electrons. The molecule has 2 heteroatoms. The number of fused-ring (bicyclic) bond motifs is 3. The molecule has 1 aliphatic carbocycles. The van der Waals surface area contributed by atoms with Crippen molar-refractivity contribution in [3.8, 4) is 0 Å². The molecule has 2 aromatic rings. The first-order valence-electron chi connectivity index (χ1n) is 6.41. The van der Waals surface area contributed by atoms with Crippen LogP contribution in [0.15, 0.2) is 12.1 Å². The van der Waals surface area contributed by atoms with E-state index in [1.54, 1.807) is 0 Å². The van der Waals surface area contributed by atoms with Gasteiger partial charge in [0, 0.05) is 30.6 Å².